The molecule has 13 heteroatoms. The van der Waals surface area contributed by atoms with Crippen molar-refractivity contribution in [2.24, 2.45) is 11.8 Å². The molecule has 0 bridgehead atoms. The summed E-state index contributed by atoms with van der Waals surface area (Å²) in [5.74, 6) is -1.57. The van der Waals surface area contributed by atoms with Gasteiger partial charge >= 0.3 is 6.18 Å². The minimum Gasteiger partial charge on any atom is -0.351 e. The van der Waals surface area contributed by atoms with Crippen LogP contribution in [0.5, 0.6) is 0 Å². The van der Waals surface area contributed by atoms with Crippen molar-refractivity contribution in [2.45, 2.75) is 44.4 Å². The maximum absolute atomic E-state index is 14.1. The van der Waals surface area contributed by atoms with Gasteiger partial charge in [-0.2, -0.15) is 35.5 Å². The van der Waals surface area contributed by atoms with E-state index < -0.39 is 33.8 Å². The Bertz CT molecular complexity index is 1120. The topological polar surface area (TPSA) is 96.8 Å². The first kappa shape index (κ1) is 26.8. The minimum absolute atomic E-state index is 0.0290. The van der Waals surface area contributed by atoms with Gasteiger partial charge in [0.1, 0.15) is 5.82 Å². The van der Waals surface area contributed by atoms with Crippen LogP contribution >= 0.6 is 0 Å². The molecule has 0 saturated carbocycles. The molecule has 3 heterocycles. The molecule has 36 heavy (non-hydrogen) atoms. The number of amides is 1. The van der Waals surface area contributed by atoms with Gasteiger partial charge in [0, 0.05) is 44.8 Å². The lowest BCUT2D eigenvalue weighted by molar-refractivity contribution is -0.137. The molecule has 1 unspecified atom stereocenters. The van der Waals surface area contributed by atoms with Crippen molar-refractivity contribution >= 4 is 16.1 Å². The summed E-state index contributed by atoms with van der Waals surface area (Å²) < 4.78 is 80.9. The molecule has 3 aliphatic heterocycles. The van der Waals surface area contributed by atoms with Gasteiger partial charge in [-0.05, 0) is 50.3 Å². The third-order valence-corrected chi connectivity index (χ3v) is 9.09. The number of piperidine rings is 1. The van der Waals surface area contributed by atoms with Crippen LogP contribution in [0.25, 0.3) is 0 Å². The highest BCUT2D eigenvalue weighted by molar-refractivity contribution is 7.86. The highest BCUT2D eigenvalue weighted by Crippen LogP contribution is 2.31. The zero-order chi connectivity index (χ0) is 26.1. The van der Waals surface area contributed by atoms with Gasteiger partial charge < -0.3 is 5.32 Å². The van der Waals surface area contributed by atoms with Crippen LogP contribution in [0.3, 0.4) is 0 Å². The Morgan fingerprint density at radius 1 is 1.11 bits per heavy atom. The molecule has 1 N–H and O–H groups in total. The largest absolute Gasteiger partial charge is 0.416 e. The second kappa shape index (κ2) is 10.6. The van der Waals surface area contributed by atoms with Crippen molar-refractivity contribution in [2.75, 3.05) is 39.3 Å². The summed E-state index contributed by atoms with van der Waals surface area (Å²) in [6.45, 7) is 2.20. The number of carbonyl (C=O) groups is 1. The highest BCUT2D eigenvalue weighted by atomic mass is 32.2. The number of likely N-dealkylation sites (tertiary alicyclic amines) is 1. The number of rotatable bonds is 7. The second-order valence-corrected chi connectivity index (χ2v) is 11.6. The second-order valence-electron chi connectivity index (χ2n) is 9.69. The van der Waals surface area contributed by atoms with Gasteiger partial charge in [-0.3, -0.25) is 9.69 Å². The lowest BCUT2D eigenvalue weighted by atomic mass is 9.98. The van der Waals surface area contributed by atoms with Crippen LogP contribution in [0.2, 0.25) is 0 Å². The average Bonchev–Trinajstić information content (AvgIpc) is 3.25. The van der Waals surface area contributed by atoms with Crippen molar-refractivity contribution in [1.29, 1.82) is 5.26 Å². The number of alkyl halides is 3. The number of nitriles is 1. The SMILES string of the molecule is N#CC1CN(S(=O)(=O)N2CCCC(CN3CCC[C@@H]3C(=O)NCc3ccc(C(F)(F)F)cc3F)C2)C1. The van der Waals surface area contributed by atoms with Crippen LogP contribution in [0.15, 0.2) is 18.2 Å². The molecule has 3 aliphatic rings. The van der Waals surface area contributed by atoms with E-state index in [0.29, 0.717) is 45.1 Å². The Balaban J connectivity index is 1.31. The van der Waals surface area contributed by atoms with E-state index in [4.69, 9.17) is 5.26 Å². The molecule has 8 nitrogen and oxygen atoms in total. The quantitative estimate of drug-likeness (QED) is 0.545. The number of hydrogen-bond acceptors (Lipinski definition) is 5. The molecule has 1 aromatic carbocycles. The molecule has 3 saturated heterocycles. The first-order valence-corrected chi connectivity index (χ1v) is 13.4. The van der Waals surface area contributed by atoms with E-state index in [1.165, 1.54) is 8.61 Å². The summed E-state index contributed by atoms with van der Waals surface area (Å²) >= 11 is 0. The van der Waals surface area contributed by atoms with Gasteiger partial charge in [0.05, 0.1) is 23.6 Å². The van der Waals surface area contributed by atoms with Gasteiger partial charge in [-0.15, -0.1) is 0 Å². The van der Waals surface area contributed by atoms with E-state index in [-0.39, 0.29) is 42.9 Å². The molecule has 1 aromatic rings. The number of carbonyl (C=O) groups excluding carboxylic acids is 1. The first-order valence-electron chi connectivity index (χ1n) is 12.0. The Morgan fingerprint density at radius 3 is 2.50 bits per heavy atom. The zero-order valence-electron chi connectivity index (χ0n) is 19.7. The third kappa shape index (κ3) is 5.82. The standard InChI is InChI=1S/C23H29F4N5O3S/c24-20-9-19(23(25,26)27)6-5-18(20)11-29-22(33)21-4-2-7-30(21)12-16-3-1-8-31(13-16)36(34,35)32-14-17(10-28)15-32/h5-6,9,16-17,21H,1-4,7-8,11-15H2,(H,29,33)/t16?,21-/m1/s1. The number of halogens is 4. The zero-order valence-corrected chi connectivity index (χ0v) is 20.5. The lowest BCUT2D eigenvalue weighted by Crippen LogP contribution is -2.57. The van der Waals surface area contributed by atoms with Gasteiger partial charge in [-0.1, -0.05) is 6.07 Å². The molecule has 3 fully saturated rings. The van der Waals surface area contributed by atoms with Crippen LogP contribution in [-0.2, 0) is 27.7 Å². The average molecular weight is 532 g/mol. The van der Waals surface area contributed by atoms with Crippen LogP contribution in [-0.4, -0.2) is 73.1 Å². The fourth-order valence-electron chi connectivity index (χ4n) is 5.10. The van der Waals surface area contributed by atoms with Crippen molar-refractivity contribution < 1.29 is 30.8 Å². The number of nitrogens with one attached hydrogen (secondary N) is 1. The summed E-state index contributed by atoms with van der Waals surface area (Å²) in [6.07, 6.45) is -1.73. The van der Waals surface area contributed by atoms with E-state index >= 15 is 0 Å². The first-order chi connectivity index (χ1) is 17.0. The Hall–Kier alpha value is -2.27. The molecule has 0 spiro atoms. The van der Waals surface area contributed by atoms with Crippen molar-refractivity contribution in [3.05, 3.63) is 35.1 Å². The van der Waals surface area contributed by atoms with Crippen LogP contribution in [0.4, 0.5) is 17.6 Å². The fourth-order valence-corrected chi connectivity index (χ4v) is 6.92. The predicted molar refractivity (Wildman–Crippen MR) is 122 cm³/mol. The van der Waals surface area contributed by atoms with E-state index in [1.807, 2.05) is 4.90 Å². The summed E-state index contributed by atoms with van der Waals surface area (Å²) in [4.78, 5) is 14.8. The molecular weight excluding hydrogens is 502 g/mol. The minimum atomic E-state index is -4.64. The lowest BCUT2D eigenvalue weighted by Gasteiger charge is -2.41. The Morgan fingerprint density at radius 2 is 1.83 bits per heavy atom. The molecule has 1 amide bonds. The Labute approximate surface area is 208 Å². The van der Waals surface area contributed by atoms with Gasteiger partial charge in [0.25, 0.3) is 10.2 Å². The normalized spacial score (nSPS) is 24.9. The molecule has 0 radical (unpaired) electrons. The summed E-state index contributed by atoms with van der Waals surface area (Å²) in [6, 6.07) is 3.86. The summed E-state index contributed by atoms with van der Waals surface area (Å²) in [5, 5.41) is 11.6. The van der Waals surface area contributed by atoms with E-state index in [0.717, 1.165) is 25.0 Å². The third-order valence-electron chi connectivity index (χ3n) is 7.16. The van der Waals surface area contributed by atoms with Crippen molar-refractivity contribution in [3.8, 4) is 6.07 Å². The summed E-state index contributed by atoms with van der Waals surface area (Å²) in [7, 11) is -3.61. The number of benzene rings is 1. The highest BCUT2D eigenvalue weighted by Gasteiger charge is 2.42. The van der Waals surface area contributed by atoms with Crippen LogP contribution in [0.1, 0.15) is 36.8 Å². The van der Waals surface area contributed by atoms with E-state index in [2.05, 4.69) is 11.4 Å². The maximum atomic E-state index is 14.1. The molecule has 0 aromatic heterocycles. The van der Waals surface area contributed by atoms with Gasteiger partial charge in [0.15, 0.2) is 0 Å². The molecule has 4 rings (SSSR count). The molecule has 0 aliphatic carbocycles. The smallest absolute Gasteiger partial charge is 0.351 e. The molecule has 2 atom stereocenters. The van der Waals surface area contributed by atoms with Crippen molar-refractivity contribution in [3.63, 3.8) is 0 Å². The number of nitrogens with zero attached hydrogens (tertiary/aromatic N) is 4. The van der Waals surface area contributed by atoms with E-state index in [1.54, 1.807) is 0 Å². The molecular formula is C23H29F4N5O3S. The van der Waals surface area contributed by atoms with E-state index in [9.17, 15) is 30.8 Å². The Kier molecular flexibility index (Phi) is 7.89. The number of hydrogen-bond donors (Lipinski definition) is 1. The molecule has 198 valence electrons. The summed E-state index contributed by atoms with van der Waals surface area (Å²) in [5.41, 5.74) is -1.11. The predicted octanol–water partition coefficient (Wildman–Crippen LogP) is 2.34. The maximum Gasteiger partial charge on any atom is 0.416 e. The van der Waals surface area contributed by atoms with Gasteiger partial charge in [-0.25, -0.2) is 4.39 Å². The van der Waals surface area contributed by atoms with Crippen LogP contribution in [0, 0.1) is 29.0 Å². The van der Waals surface area contributed by atoms with Crippen LogP contribution < -0.4 is 5.32 Å². The fraction of sp³-hybridized carbons (Fsp3) is 0.652. The van der Waals surface area contributed by atoms with Crippen molar-refractivity contribution in [1.82, 2.24) is 18.8 Å². The monoisotopic (exact) mass is 531 g/mol. The van der Waals surface area contributed by atoms with Gasteiger partial charge in [0.2, 0.25) is 5.91 Å².